The molecule has 6 nitrogen and oxygen atoms in total. The van der Waals surface area contributed by atoms with Crippen LogP contribution in [-0.4, -0.2) is 37.2 Å². The highest BCUT2D eigenvalue weighted by atomic mass is 16.6. The molecule has 0 aliphatic rings. The van der Waals surface area contributed by atoms with Gasteiger partial charge in [0.25, 0.3) is 0 Å². The molecule has 0 heterocycles. The number of esters is 3. The van der Waals surface area contributed by atoms with E-state index in [0.29, 0.717) is 19.3 Å². The average Bonchev–Trinajstić information content (AvgIpc) is 3.37. The van der Waals surface area contributed by atoms with Crippen LogP contribution in [0.1, 0.15) is 342 Å². The highest BCUT2D eigenvalue weighted by Crippen LogP contribution is 2.17. The minimum atomic E-state index is -0.777. The van der Waals surface area contributed by atoms with Crippen LogP contribution >= 0.6 is 0 Å². The molecule has 0 radical (unpaired) electrons. The van der Waals surface area contributed by atoms with Crippen molar-refractivity contribution in [1.82, 2.24) is 0 Å². The standard InChI is InChI=1S/C65H120O6/c1-4-7-10-13-16-19-22-24-25-26-27-28-29-30-31-32-33-34-35-36-37-38-39-41-43-46-49-52-55-58-64(67)70-61-62(60-69-63(66)57-54-51-48-45-42-21-18-15-12-9-6-3)71-65(68)59-56-53-50-47-44-40-23-20-17-14-11-8-5-2/h15,18,20,23,26-27,62H,4-14,16-17,19,21-22,24-25,28-61H2,1-3H3/b18-15-,23-20-,27-26-. The number of ether oxygens (including phenoxy) is 3. The SMILES string of the molecule is CCCC/C=C\CCCCCCCC(=O)OCC(COC(=O)CCCCCCCCCCCCCCCCCCC/C=C\CCCCCCCCCC)OC(=O)CCCCCCC/C=C\CCCCCC. The zero-order chi connectivity index (χ0) is 51.4. The van der Waals surface area contributed by atoms with E-state index in [1.807, 2.05) is 0 Å². The highest BCUT2D eigenvalue weighted by Gasteiger charge is 2.19. The van der Waals surface area contributed by atoms with Crippen LogP contribution in [-0.2, 0) is 28.6 Å². The fourth-order valence-electron chi connectivity index (χ4n) is 9.30. The van der Waals surface area contributed by atoms with E-state index in [9.17, 15) is 14.4 Å². The zero-order valence-electron chi connectivity index (χ0n) is 47.8. The third-order valence-corrected chi connectivity index (χ3v) is 14.1. The highest BCUT2D eigenvalue weighted by molar-refractivity contribution is 5.71. The minimum absolute atomic E-state index is 0.0748. The first kappa shape index (κ1) is 68.6. The first-order valence-electron chi connectivity index (χ1n) is 31.5. The summed E-state index contributed by atoms with van der Waals surface area (Å²) in [4.78, 5) is 38.1. The molecule has 0 aliphatic carbocycles. The van der Waals surface area contributed by atoms with Gasteiger partial charge in [0.1, 0.15) is 13.2 Å². The quantitative estimate of drug-likeness (QED) is 0.0261. The summed E-state index contributed by atoms with van der Waals surface area (Å²) in [6.45, 7) is 6.61. The zero-order valence-corrected chi connectivity index (χ0v) is 47.8. The van der Waals surface area contributed by atoms with Crippen molar-refractivity contribution in [2.45, 2.75) is 348 Å². The molecule has 1 atom stereocenters. The minimum Gasteiger partial charge on any atom is -0.462 e. The molecule has 0 rings (SSSR count). The Balaban J connectivity index is 4.10. The van der Waals surface area contributed by atoms with Gasteiger partial charge >= 0.3 is 17.9 Å². The van der Waals surface area contributed by atoms with Crippen LogP contribution in [0.4, 0.5) is 0 Å². The monoisotopic (exact) mass is 997 g/mol. The molecular weight excluding hydrogens is 877 g/mol. The van der Waals surface area contributed by atoms with Crippen molar-refractivity contribution in [3.63, 3.8) is 0 Å². The molecule has 0 saturated heterocycles. The van der Waals surface area contributed by atoms with Gasteiger partial charge < -0.3 is 14.2 Å². The smallest absolute Gasteiger partial charge is 0.306 e. The van der Waals surface area contributed by atoms with Crippen LogP contribution in [0.2, 0.25) is 0 Å². The molecule has 0 N–H and O–H groups in total. The Bertz CT molecular complexity index is 1190. The maximum Gasteiger partial charge on any atom is 0.306 e. The van der Waals surface area contributed by atoms with Crippen LogP contribution in [0.25, 0.3) is 0 Å². The molecule has 71 heavy (non-hydrogen) atoms. The molecule has 1 unspecified atom stereocenters. The largest absolute Gasteiger partial charge is 0.462 e. The molecule has 0 aliphatic heterocycles. The van der Waals surface area contributed by atoms with E-state index < -0.39 is 6.10 Å². The van der Waals surface area contributed by atoms with Crippen LogP contribution in [0.5, 0.6) is 0 Å². The molecule has 0 bridgehead atoms. The lowest BCUT2D eigenvalue weighted by atomic mass is 10.0. The summed E-state index contributed by atoms with van der Waals surface area (Å²) in [5, 5.41) is 0. The van der Waals surface area contributed by atoms with Gasteiger partial charge in [-0.25, -0.2) is 0 Å². The maximum absolute atomic E-state index is 12.8. The second-order valence-electron chi connectivity index (χ2n) is 21.3. The van der Waals surface area contributed by atoms with Gasteiger partial charge in [0.15, 0.2) is 6.10 Å². The Kier molecular flexibility index (Phi) is 58.2. The normalized spacial score (nSPS) is 12.2. The maximum atomic E-state index is 12.8. The summed E-state index contributed by atoms with van der Waals surface area (Å²) in [6, 6.07) is 0. The molecule has 0 spiro atoms. The summed E-state index contributed by atoms with van der Waals surface area (Å²) >= 11 is 0. The molecule has 416 valence electrons. The number of rotatable bonds is 58. The summed E-state index contributed by atoms with van der Waals surface area (Å²) < 4.78 is 16.9. The number of unbranched alkanes of at least 4 members (excludes halogenated alkanes) is 41. The van der Waals surface area contributed by atoms with Gasteiger partial charge in [-0.05, 0) is 89.9 Å². The van der Waals surface area contributed by atoms with Gasteiger partial charge in [0.05, 0.1) is 0 Å². The third kappa shape index (κ3) is 58.4. The van der Waals surface area contributed by atoms with Crippen molar-refractivity contribution in [3.8, 4) is 0 Å². The van der Waals surface area contributed by atoms with Crippen molar-refractivity contribution in [1.29, 1.82) is 0 Å². The number of hydrogen-bond donors (Lipinski definition) is 0. The molecule has 0 aromatic heterocycles. The predicted molar refractivity (Wildman–Crippen MR) is 307 cm³/mol. The molecule has 0 aromatic rings. The molecule has 0 saturated carbocycles. The van der Waals surface area contributed by atoms with Crippen molar-refractivity contribution in [2.75, 3.05) is 13.2 Å². The van der Waals surface area contributed by atoms with Crippen LogP contribution in [0, 0.1) is 0 Å². The lowest BCUT2D eigenvalue weighted by Crippen LogP contribution is -2.30. The first-order chi connectivity index (χ1) is 35.0. The molecule has 0 aromatic carbocycles. The molecule has 6 heteroatoms. The molecule has 0 amide bonds. The second kappa shape index (κ2) is 60.2. The van der Waals surface area contributed by atoms with E-state index in [0.717, 1.165) is 70.6 Å². The van der Waals surface area contributed by atoms with E-state index in [1.54, 1.807) is 0 Å². The van der Waals surface area contributed by atoms with Gasteiger partial charge in [0.2, 0.25) is 0 Å². The summed E-state index contributed by atoms with van der Waals surface area (Å²) in [5.74, 6) is -0.877. The Morgan fingerprint density at radius 3 is 0.761 bits per heavy atom. The average molecular weight is 998 g/mol. The Labute approximate surface area is 442 Å². The van der Waals surface area contributed by atoms with Gasteiger partial charge in [-0.15, -0.1) is 0 Å². The van der Waals surface area contributed by atoms with Crippen molar-refractivity contribution < 1.29 is 28.6 Å². The lowest BCUT2D eigenvalue weighted by molar-refractivity contribution is -0.167. The Hall–Kier alpha value is -2.37. The molecular formula is C65H120O6. The van der Waals surface area contributed by atoms with Gasteiger partial charge in [0, 0.05) is 19.3 Å². The third-order valence-electron chi connectivity index (χ3n) is 14.1. The van der Waals surface area contributed by atoms with Gasteiger partial charge in [-0.3, -0.25) is 14.4 Å². The van der Waals surface area contributed by atoms with E-state index >= 15 is 0 Å². The topological polar surface area (TPSA) is 78.9 Å². The Morgan fingerprint density at radius 1 is 0.268 bits per heavy atom. The van der Waals surface area contributed by atoms with Crippen LogP contribution in [0.3, 0.4) is 0 Å². The predicted octanol–water partition coefficient (Wildman–Crippen LogP) is 21.2. The van der Waals surface area contributed by atoms with E-state index in [2.05, 4.69) is 57.2 Å². The van der Waals surface area contributed by atoms with E-state index in [1.165, 1.54) is 231 Å². The number of hydrogen-bond acceptors (Lipinski definition) is 6. The van der Waals surface area contributed by atoms with Crippen molar-refractivity contribution in [3.05, 3.63) is 36.5 Å². The lowest BCUT2D eigenvalue weighted by Gasteiger charge is -2.18. The first-order valence-corrected chi connectivity index (χ1v) is 31.5. The fourth-order valence-corrected chi connectivity index (χ4v) is 9.30. The number of carbonyl (C=O) groups is 3. The number of allylic oxidation sites excluding steroid dienone is 6. The van der Waals surface area contributed by atoms with Gasteiger partial charge in [-0.1, -0.05) is 269 Å². The fraction of sp³-hybridized carbons (Fsp3) is 0.862. The van der Waals surface area contributed by atoms with E-state index in [-0.39, 0.29) is 31.1 Å². The second-order valence-corrected chi connectivity index (χ2v) is 21.3. The van der Waals surface area contributed by atoms with E-state index in [4.69, 9.17) is 14.2 Å². The van der Waals surface area contributed by atoms with Gasteiger partial charge in [-0.2, -0.15) is 0 Å². The summed E-state index contributed by atoms with van der Waals surface area (Å²) in [7, 11) is 0. The van der Waals surface area contributed by atoms with Crippen LogP contribution < -0.4 is 0 Å². The van der Waals surface area contributed by atoms with Crippen molar-refractivity contribution in [2.24, 2.45) is 0 Å². The van der Waals surface area contributed by atoms with Crippen LogP contribution in [0.15, 0.2) is 36.5 Å². The molecule has 0 fully saturated rings. The van der Waals surface area contributed by atoms with Crippen molar-refractivity contribution >= 4 is 17.9 Å². The summed E-state index contributed by atoms with van der Waals surface area (Å²) in [5.41, 5.74) is 0. The number of carbonyl (C=O) groups excluding carboxylic acids is 3. The summed E-state index contributed by atoms with van der Waals surface area (Å²) in [6.07, 6.45) is 73.1. The Morgan fingerprint density at radius 2 is 0.479 bits per heavy atom.